The number of benzene rings is 1. The molecule has 208 valence electrons. The van der Waals surface area contributed by atoms with Crippen LogP contribution < -0.4 is 9.92 Å². The van der Waals surface area contributed by atoms with Crippen LogP contribution in [0.5, 0.6) is 5.75 Å². The van der Waals surface area contributed by atoms with E-state index in [-0.39, 0.29) is 5.41 Å². The minimum absolute atomic E-state index is 0.0614. The van der Waals surface area contributed by atoms with Gasteiger partial charge in [0.2, 0.25) is 0 Å². The molecule has 0 N–H and O–H groups in total. The van der Waals surface area contributed by atoms with Crippen molar-refractivity contribution in [3.05, 3.63) is 41.4 Å². The van der Waals surface area contributed by atoms with Gasteiger partial charge in [0.05, 0.1) is 0 Å². The fraction of sp³-hybridized carbons (Fsp3) is 0.667. The molecule has 2 rings (SSSR count). The summed E-state index contributed by atoms with van der Waals surface area (Å²) < 4.78 is 11.2. The molecule has 0 aliphatic heterocycles. The Morgan fingerprint density at radius 1 is 0.829 bits per heavy atom. The zero-order valence-corrected chi connectivity index (χ0v) is 30.5. The number of hydrogen-bond acceptors (Lipinski definition) is 1. The van der Waals surface area contributed by atoms with E-state index in [0.717, 1.165) is 5.75 Å². The molecule has 0 bridgehead atoms. The number of methoxy groups -OCH3 is 1. The third-order valence-electron chi connectivity index (χ3n) is 6.60. The minimum atomic E-state index is -1.97. The third-order valence-corrected chi connectivity index (χ3v) is 29.4. The summed E-state index contributed by atoms with van der Waals surface area (Å²) >= 11 is -0.659. The number of hydrogen-bond donors (Lipinski definition) is 0. The molecule has 0 spiro atoms. The van der Waals surface area contributed by atoms with Gasteiger partial charge in [-0.05, 0) is 0 Å². The van der Waals surface area contributed by atoms with E-state index in [1.54, 1.807) is 16.3 Å². The molecule has 0 radical (unpaired) electrons. The number of ether oxygens (including phenoxy) is 1. The maximum atomic E-state index is 6.22. The van der Waals surface area contributed by atoms with Crippen LogP contribution in [0.2, 0.25) is 56.9 Å². The number of rotatable bonds is 8. The number of aryl methyl sites for hydroxylation is 1. The van der Waals surface area contributed by atoms with Crippen LogP contribution in [0.15, 0.2) is 30.3 Å². The van der Waals surface area contributed by atoms with E-state index in [4.69, 9.17) is 4.74 Å². The second kappa shape index (κ2) is 10.9. The number of allylic oxidation sites excluding steroid dienone is 4. The Kier molecular flexibility index (Phi) is 9.81. The van der Waals surface area contributed by atoms with Gasteiger partial charge in [-0.25, -0.2) is 0 Å². The Bertz CT molecular complexity index is 998. The van der Waals surface area contributed by atoms with Crippen LogP contribution in [-0.4, -0.2) is 31.3 Å². The van der Waals surface area contributed by atoms with Gasteiger partial charge in [0.15, 0.2) is 0 Å². The SMILES string of the molecule is COc1c(C(C)(C)C)cc(C)cc1[Si](C)(C)C1=C(C)C(C)=[C]([Lu]([CH2][Si](C)(C)C)[CH2][Si](C)(C)C)C1C. The van der Waals surface area contributed by atoms with Crippen LogP contribution in [0.4, 0.5) is 0 Å². The van der Waals surface area contributed by atoms with Crippen LogP contribution in [0.3, 0.4) is 0 Å². The summed E-state index contributed by atoms with van der Waals surface area (Å²) in [6.45, 7) is 37.4. The fourth-order valence-corrected chi connectivity index (χ4v) is 30.3. The predicted molar refractivity (Wildman–Crippen MR) is 164 cm³/mol. The average molecular weight is 691 g/mol. The van der Waals surface area contributed by atoms with Crippen LogP contribution in [0.25, 0.3) is 0 Å². The van der Waals surface area contributed by atoms with E-state index < -0.39 is 55.3 Å². The van der Waals surface area contributed by atoms with E-state index in [1.165, 1.54) is 20.8 Å². The first-order valence-corrected chi connectivity index (χ1v) is 26.7. The van der Waals surface area contributed by atoms with Crippen molar-refractivity contribution in [3.8, 4) is 5.75 Å². The molecule has 1 aliphatic carbocycles. The molecule has 0 fully saturated rings. The summed E-state index contributed by atoms with van der Waals surface area (Å²) in [6, 6.07) is 4.81. The topological polar surface area (TPSA) is 9.23 Å². The van der Waals surface area contributed by atoms with Gasteiger partial charge in [0, 0.05) is 0 Å². The first-order chi connectivity index (χ1) is 15.6. The Labute approximate surface area is 234 Å². The molecular weight excluding hydrogens is 636 g/mol. The van der Waals surface area contributed by atoms with E-state index in [0.29, 0.717) is 5.92 Å². The van der Waals surface area contributed by atoms with Gasteiger partial charge in [0.1, 0.15) is 0 Å². The van der Waals surface area contributed by atoms with Crippen molar-refractivity contribution < 1.29 is 35.9 Å². The molecule has 1 nitrogen and oxygen atoms in total. The van der Waals surface area contributed by atoms with Gasteiger partial charge in [0.25, 0.3) is 0 Å². The van der Waals surface area contributed by atoms with Crippen molar-refractivity contribution in [3.63, 3.8) is 0 Å². The molecule has 0 amide bonds. The summed E-state index contributed by atoms with van der Waals surface area (Å²) in [4.78, 5) is 0. The summed E-state index contributed by atoms with van der Waals surface area (Å²) in [6.07, 6.45) is 0. The van der Waals surface area contributed by atoms with Crippen molar-refractivity contribution in [1.82, 2.24) is 0 Å². The molecule has 1 aromatic rings. The standard InChI is InChI=1S/C22H33OSi.2C4H11Si.Lu/c1-14-11-18(22(5,6)7)20(23-8)19(12-14)24(9,10)21-16(3)13-15(2)17(21)4;2*1-5(2,3)4;/h11-12,16H,1-10H3;2*1H2,2-4H3;. The van der Waals surface area contributed by atoms with E-state index in [9.17, 15) is 0 Å². The molecule has 0 heterocycles. The van der Waals surface area contributed by atoms with Crippen LogP contribution in [0, 0.1) is 44.0 Å². The van der Waals surface area contributed by atoms with Crippen LogP contribution >= 0.6 is 0 Å². The molecule has 35 heavy (non-hydrogen) atoms. The van der Waals surface area contributed by atoms with E-state index >= 15 is 0 Å². The second-order valence-electron chi connectivity index (χ2n) is 14.6. The summed E-state index contributed by atoms with van der Waals surface area (Å²) in [5.41, 5.74) is 6.05. The molecule has 0 saturated carbocycles. The Balaban J connectivity index is 2.68. The zero-order valence-electron chi connectivity index (χ0n) is 25.8. The molecule has 1 aromatic carbocycles. The second-order valence-corrected chi connectivity index (χ2v) is 35.9. The van der Waals surface area contributed by atoms with E-state index in [1.807, 2.05) is 8.90 Å². The first kappa shape index (κ1) is 31.6. The first-order valence-electron chi connectivity index (χ1n) is 13.1. The fourth-order valence-electron chi connectivity index (χ4n) is 5.37. The van der Waals surface area contributed by atoms with Crippen molar-refractivity contribution in [1.29, 1.82) is 0 Å². The molecule has 1 atom stereocenters. The van der Waals surface area contributed by atoms with Crippen molar-refractivity contribution >= 4 is 29.4 Å². The zero-order chi connectivity index (χ0) is 27.3. The van der Waals surface area contributed by atoms with Gasteiger partial charge in [-0.1, -0.05) is 0 Å². The molecule has 1 unspecified atom stereocenters. The molecule has 5 heteroatoms. The van der Waals surface area contributed by atoms with Gasteiger partial charge < -0.3 is 0 Å². The average Bonchev–Trinajstić information content (AvgIpc) is 2.86. The van der Waals surface area contributed by atoms with Crippen molar-refractivity contribution in [2.24, 2.45) is 5.92 Å². The van der Waals surface area contributed by atoms with Crippen LogP contribution in [-0.2, 0) is 5.41 Å². The van der Waals surface area contributed by atoms with Crippen LogP contribution in [0.1, 0.15) is 52.7 Å². The maximum absolute atomic E-state index is 6.22. The quantitative estimate of drug-likeness (QED) is 0.247. The molecular formula is C30H55LuOSi3. The normalized spacial score (nSPS) is 18.5. The Morgan fingerprint density at radius 3 is 1.71 bits per heavy atom. The van der Waals surface area contributed by atoms with Crippen molar-refractivity contribution in [2.75, 3.05) is 7.11 Å². The molecule has 0 saturated heterocycles. The van der Waals surface area contributed by atoms with Crippen molar-refractivity contribution in [2.45, 2.75) is 111 Å². The Hall–Kier alpha value is 0.384. The van der Waals surface area contributed by atoms with Gasteiger partial charge in [-0.15, -0.1) is 0 Å². The summed E-state index contributed by atoms with van der Waals surface area (Å²) in [7, 11) is -2.37. The third kappa shape index (κ3) is 7.28. The van der Waals surface area contributed by atoms with Gasteiger partial charge in [-0.2, -0.15) is 0 Å². The van der Waals surface area contributed by atoms with Gasteiger partial charge in [-0.3, -0.25) is 0 Å². The summed E-state index contributed by atoms with van der Waals surface area (Å²) in [5.74, 6) is 1.74. The monoisotopic (exact) mass is 690 g/mol. The van der Waals surface area contributed by atoms with Gasteiger partial charge >= 0.3 is 236 Å². The Morgan fingerprint density at radius 2 is 1.31 bits per heavy atom. The molecule has 1 aliphatic rings. The van der Waals surface area contributed by atoms with E-state index in [2.05, 4.69) is 113 Å². The summed E-state index contributed by atoms with van der Waals surface area (Å²) in [5, 5.41) is 3.26. The molecule has 0 aromatic heterocycles. The predicted octanol–water partition coefficient (Wildman–Crippen LogP) is 9.21.